The van der Waals surface area contributed by atoms with Crippen LogP contribution in [0.1, 0.15) is 6.92 Å². The molecule has 0 saturated carbocycles. The predicted molar refractivity (Wildman–Crippen MR) is 42.8 cm³/mol. The van der Waals surface area contributed by atoms with Crippen LogP contribution in [0.2, 0.25) is 0 Å². The normalized spacial score (nSPS) is 15.8. The standard InChI is InChI=1S/C4H11N2O3PS/c1-2-9-10(7,8)3-11-4(5)6/h2-3H2,1H3,(H3,5,6)(H,7,8). The molecule has 0 rings (SSSR count). The van der Waals surface area contributed by atoms with Crippen LogP contribution in [0.3, 0.4) is 0 Å². The number of nitrogens with two attached hydrogens (primary N) is 2. The van der Waals surface area contributed by atoms with Gasteiger partial charge in [0.2, 0.25) is 0 Å². The van der Waals surface area contributed by atoms with Crippen LogP contribution in [-0.4, -0.2) is 17.3 Å². The second-order valence-electron chi connectivity index (χ2n) is 1.70. The molecule has 7 heteroatoms. The minimum absolute atomic E-state index is 0.0285. The van der Waals surface area contributed by atoms with Gasteiger partial charge >= 0.3 is 0 Å². The van der Waals surface area contributed by atoms with E-state index in [-0.39, 0.29) is 17.3 Å². The average Bonchev–Trinajstić information content (AvgIpc) is 1.84. The van der Waals surface area contributed by atoms with Gasteiger partial charge in [0.1, 0.15) is 7.60 Å². The lowest BCUT2D eigenvalue weighted by atomic mass is 10.9. The molecule has 0 spiro atoms. The molecule has 66 valence electrons. The van der Waals surface area contributed by atoms with E-state index in [1.54, 1.807) is 6.92 Å². The Balaban J connectivity index is 3.73. The highest BCUT2D eigenvalue weighted by Crippen LogP contribution is 2.39. The van der Waals surface area contributed by atoms with Crippen molar-refractivity contribution in [1.82, 2.24) is 0 Å². The van der Waals surface area contributed by atoms with E-state index in [4.69, 9.17) is 11.1 Å². The van der Waals surface area contributed by atoms with E-state index >= 15 is 0 Å². The first-order valence-electron chi connectivity index (χ1n) is 2.93. The molecule has 0 fully saturated rings. The SMILES string of the molecule is CCOP(=O)([O-])CSC(N)=[NH2+]. The second-order valence-corrected chi connectivity index (χ2v) is 4.98. The summed E-state index contributed by atoms with van der Waals surface area (Å²) in [5.74, 6) is 0. The summed E-state index contributed by atoms with van der Waals surface area (Å²) in [6.45, 7) is 1.75. The monoisotopic (exact) mass is 198 g/mol. The maximum atomic E-state index is 10.8. The zero-order valence-electron chi connectivity index (χ0n) is 6.15. The Morgan fingerprint density at radius 1 is 1.91 bits per heavy atom. The van der Waals surface area contributed by atoms with Gasteiger partial charge in [-0.1, -0.05) is 0 Å². The molecule has 0 aliphatic rings. The third-order valence-electron chi connectivity index (χ3n) is 0.715. The van der Waals surface area contributed by atoms with Gasteiger partial charge in [0.15, 0.2) is 0 Å². The smallest absolute Gasteiger partial charge is 0.300 e. The molecule has 5 nitrogen and oxygen atoms in total. The number of thioether (sulfide) groups is 1. The number of hydrogen-bond donors (Lipinski definition) is 2. The summed E-state index contributed by atoms with van der Waals surface area (Å²) in [5, 5.41) is 5.07. The van der Waals surface area contributed by atoms with Crippen LogP contribution >= 0.6 is 19.4 Å². The third kappa shape index (κ3) is 6.37. The van der Waals surface area contributed by atoms with Crippen LogP contribution < -0.4 is 16.0 Å². The van der Waals surface area contributed by atoms with E-state index in [0.29, 0.717) is 0 Å². The number of amidine groups is 1. The predicted octanol–water partition coefficient (Wildman–Crippen LogP) is -1.66. The topological polar surface area (TPSA) is 101 Å². The fraction of sp³-hybridized carbons (Fsp3) is 0.750. The maximum absolute atomic E-state index is 10.8. The van der Waals surface area contributed by atoms with E-state index in [2.05, 4.69) is 4.52 Å². The Morgan fingerprint density at radius 2 is 2.45 bits per heavy atom. The van der Waals surface area contributed by atoms with Gasteiger partial charge in [0, 0.05) is 0 Å². The Kier molecular flexibility index (Phi) is 4.76. The molecule has 0 saturated heterocycles. The van der Waals surface area contributed by atoms with Gasteiger partial charge in [-0.15, -0.1) is 0 Å². The molecular formula is C4H11N2O3PS. The molecular weight excluding hydrogens is 187 g/mol. The van der Waals surface area contributed by atoms with E-state index in [9.17, 15) is 9.46 Å². The van der Waals surface area contributed by atoms with Gasteiger partial charge in [-0.3, -0.25) is 11.1 Å². The molecule has 0 aliphatic carbocycles. The van der Waals surface area contributed by atoms with Gasteiger partial charge < -0.3 is 14.0 Å². The van der Waals surface area contributed by atoms with Crippen molar-refractivity contribution in [3.63, 3.8) is 0 Å². The Morgan fingerprint density at radius 3 is 2.82 bits per heavy atom. The molecule has 0 aliphatic heterocycles. The zero-order valence-corrected chi connectivity index (χ0v) is 7.86. The average molecular weight is 198 g/mol. The van der Waals surface area contributed by atoms with Crippen molar-refractivity contribution in [1.29, 1.82) is 0 Å². The molecule has 0 aromatic rings. The molecule has 0 aromatic heterocycles. The molecule has 0 bridgehead atoms. The van der Waals surface area contributed by atoms with Gasteiger partial charge in [-0.05, 0) is 18.7 Å². The molecule has 4 N–H and O–H groups in total. The summed E-state index contributed by atoms with van der Waals surface area (Å²) in [6, 6.07) is 0. The van der Waals surface area contributed by atoms with Crippen LogP contribution in [0.5, 0.6) is 0 Å². The lowest BCUT2D eigenvalue weighted by Crippen LogP contribution is -2.43. The fourth-order valence-corrected chi connectivity index (χ4v) is 2.31. The highest BCUT2D eigenvalue weighted by Gasteiger charge is 2.09. The summed E-state index contributed by atoms with van der Waals surface area (Å²) in [5.41, 5.74) is 4.83. The zero-order chi connectivity index (χ0) is 8.91. The van der Waals surface area contributed by atoms with E-state index in [0.717, 1.165) is 11.8 Å². The highest BCUT2D eigenvalue weighted by atomic mass is 32.2. The van der Waals surface area contributed by atoms with Crippen LogP contribution in [0, 0.1) is 0 Å². The Hall–Kier alpha value is -0.0300. The minimum atomic E-state index is -3.71. The molecule has 0 aromatic carbocycles. The van der Waals surface area contributed by atoms with Gasteiger partial charge in [-0.2, -0.15) is 0 Å². The first kappa shape index (κ1) is 11.0. The van der Waals surface area contributed by atoms with Crippen molar-refractivity contribution in [3.05, 3.63) is 0 Å². The third-order valence-corrected chi connectivity index (χ3v) is 3.48. The summed E-state index contributed by atoms with van der Waals surface area (Å²) in [6.07, 6.45) is 0. The van der Waals surface area contributed by atoms with Crippen LogP contribution in [0.25, 0.3) is 0 Å². The number of rotatable bonds is 4. The molecule has 0 heterocycles. The van der Waals surface area contributed by atoms with Crippen molar-refractivity contribution < 1.29 is 19.4 Å². The van der Waals surface area contributed by atoms with Crippen LogP contribution in [0.4, 0.5) is 0 Å². The van der Waals surface area contributed by atoms with Gasteiger partial charge in [0.05, 0.1) is 12.1 Å². The van der Waals surface area contributed by atoms with Crippen molar-refractivity contribution in [2.24, 2.45) is 5.73 Å². The molecule has 0 amide bonds. The van der Waals surface area contributed by atoms with Crippen molar-refractivity contribution in [2.75, 3.05) is 12.1 Å². The van der Waals surface area contributed by atoms with Gasteiger partial charge in [0.25, 0.3) is 5.17 Å². The lowest BCUT2D eigenvalue weighted by Gasteiger charge is -2.20. The Bertz CT molecular complexity index is 186. The summed E-state index contributed by atoms with van der Waals surface area (Å²) in [4.78, 5) is 10.8. The summed E-state index contributed by atoms with van der Waals surface area (Å²) in [7, 11) is -3.71. The maximum Gasteiger partial charge on any atom is 0.300 e. The second kappa shape index (κ2) is 4.77. The van der Waals surface area contributed by atoms with E-state index in [1.165, 1.54) is 0 Å². The first-order chi connectivity index (χ1) is 4.98. The van der Waals surface area contributed by atoms with Crippen LogP contribution in [0.15, 0.2) is 0 Å². The lowest BCUT2D eigenvalue weighted by molar-refractivity contribution is -0.196. The molecule has 1 atom stereocenters. The van der Waals surface area contributed by atoms with Crippen molar-refractivity contribution >= 4 is 24.5 Å². The highest BCUT2D eigenvalue weighted by molar-refractivity contribution is 8.17. The summed E-state index contributed by atoms with van der Waals surface area (Å²) >= 11 is 0.850. The number of hydrogen-bond acceptors (Lipinski definition) is 4. The van der Waals surface area contributed by atoms with Crippen LogP contribution in [-0.2, 0) is 9.09 Å². The molecule has 11 heavy (non-hydrogen) atoms. The minimum Gasteiger partial charge on any atom is -0.778 e. The first-order valence-corrected chi connectivity index (χ1v) is 5.64. The fourth-order valence-electron chi connectivity index (χ4n) is 0.388. The molecule has 0 radical (unpaired) electrons. The summed E-state index contributed by atoms with van der Waals surface area (Å²) < 4.78 is 15.2. The van der Waals surface area contributed by atoms with E-state index in [1.807, 2.05) is 0 Å². The largest absolute Gasteiger partial charge is 0.778 e. The van der Waals surface area contributed by atoms with Crippen molar-refractivity contribution in [2.45, 2.75) is 6.92 Å². The Labute approximate surface area is 69.4 Å². The van der Waals surface area contributed by atoms with E-state index < -0.39 is 7.60 Å². The quantitative estimate of drug-likeness (QED) is 0.320. The van der Waals surface area contributed by atoms with Gasteiger partial charge in [-0.25, -0.2) is 0 Å². The van der Waals surface area contributed by atoms with Crippen molar-refractivity contribution in [3.8, 4) is 0 Å². The molecule has 1 unspecified atom stereocenters.